The Balaban J connectivity index is 1.74. The number of amides is 2. The van der Waals surface area contributed by atoms with Crippen molar-refractivity contribution >= 4 is 55.1 Å². The topological polar surface area (TPSA) is 86.8 Å². The maximum absolute atomic E-state index is 14.3. The Kier molecular flexibility index (Phi) is 11.1. The van der Waals surface area contributed by atoms with E-state index in [9.17, 15) is 18.0 Å². The van der Waals surface area contributed by atoms with Gasteiger partial charge in [-0.05, 0) is 60.7 Å². The first kappa shape index (κ1) is 32.0. The van der Waals surface area contributed by atoms with E-state index in [1.807, 2.05) is 49.4 Å². The summed E-state index contributed by atoms with van der Waals surface area (Å²) in [4.78, 5) is 29.7. The van der Waals surface area contributed by atoms with Crippen LogP contribution in [0.4, 0.5) is 5.69 Å². The van der Waals surface area contributed by atoms with E-state index in [2.05, 4.69) is 21.2 Å². The summed E-state index contributed by atoms with van der Waals surface area (Å²) in [5, 5.41) is 3.66. The number of benzene rings is 3. The highest BCUT2D eigenvalue weighted by Gasteiger charge is 2.34. The molecule has 1 N–H and O–H groups in total. The van der Waals surface area contributed by atoms with E-state index in [-0.39, 0.29) is 24.9 Å². The molecule has 0 unspecified atom stereocenters. The number of hydrogen-bond donors (Lipinski definition) is 1. The summed E-state index contributed by atoms with van der Waals surface area (Å²) in [6.07, 6.45) is 6.38. The van der Waals surface area contributed by atoms with Crippen LogP contribution < -0.4 is 9.62 Å². The predicted octanol–water partition coefficient (Wildman–Crippen LogP) is 6.27. The van der Waals surface area contributed by atoms with Gasteiger partial charge < -0.3 is 10.2 Å². The van der Waals surface area contributed by atoms with Gasteiger partial charge in [0, 0.05) is 28.5 Å². The molecule has 1 fully saturated rings. The van der Waals surface area contributed by atoms with Crippen LogP contribution in [0.3, 0.4) is 0 Å². The minimum atomic E-state index is -3.84. The maximum Gasteiger partial charge on any atom is 0.244 e. The fourth-order valence-electron chi connectivity index (χ4n) is 5.31. The van der Waals surface area contributed by atoms with Gasteiger partial charge in [0.05, 0.1) is 11.9 Å². The first-order chi connectivity index (χ1) is 20.0. The van der Waals surface area contributed by atoms with Gasteiger partial charge in [-0.3, -0.25) is 13.9 Å². The molecule has 3 aromatic carbocycles. The second-order valence-corrected chi connectivity index (χ2v) is 14.0. The second kappa shape index (κ2) is 14.5. The largest absolute Gasteiger partial charge is 0.352 e. The molecule has 0 aromatic heterocycles. The normalized spacial score (nSPS) is 14.7. The van der Waals surface area contributed by atoms with Gasteiger partial charge in [-0.2, -0.15) is 0 Å². The highest BCUT2D eigenvalue weighted by molar-refractivity contribution is 9.10. The zero-order valence-corrected chi connectivity index (χ0v) is 27.1. The number of aryl methyl sites for hydroxylation is 1. The molecule has 224 valence electrons. The van der Waals surface area contributed by atoms with E-state index in [1.54, 1.807) is 30.3 Å². The predicted molar refractivity (Wildman–Crippen MR) is 172 cm³/mol. The summed E-state index contributed by atoms with van der Waals surface area (Å²) >= 11 is 9.98. The van der Waals surface area contributed by atoms with Crippen LogP contribution in [0.15, 0.2) is 77.3 Å². The minimum Gasteiger partial charge on any atom is -0.352 e. The zero-order valence-electron chi connectivity index (χ0n) is 23.9. The Morgan fingerprint density at radius 2 is 1.67 bits per heavy atom. The molecule has 42 heavy (non-hydrogen) atoms. The fraction of sp³-hybridized carbons (Fsp3) is 0.375. The lowest BCUT2D eigenvalue weighted by molar-refractivity contribution is -0.140. The minimum absolute atomic E-state index is 0.0417. The summed E-state index contributed by atoms with van der Waals surface area (Å²) < 4.78 is 27.9. The number of nitrogens with one attached hydrogen (secondary N) is 1. The van der Waals surface area contributed by atoms with E-state index in [0.29, 0.717) is 16.3 Å². The van der Waals surface area contributed by atoms with Crippen LogP contribution in [-0.2, 0) is 32.6 Å². The quantitative estimate of drug-likeness (QED) is 0.260. The smallest absolute Gasteiger partial charge is 0.244 e. The lowest BCUT2D eigenvalue weighted by Crippen LogP contribution is -2.55. The number of carbonyl (C=O) groups excluding carboxylic acids is 2. The summed E-state index contributed by atoms with van der Waals surface area (Å²) in [6, 6.07) is 21.0. The second-order valence-electron chi connectivity index (χ2n) is 10.9. The van der Waals surface area contributed by atoms with Crippen molar-refractivity contribution in [3.05, 3.63) is 99.0 Å². The third-order valence-corrected chi connectivity index (χ3v) is 10.0. The Bertz CT molecular complexity index is 1500. The molecule has 0 radical (unpaired) electrons. The molecule has 0 bridgehead atoms. The molecule has 1 saturated carbocycles. The Labute approximate surface area is 262 Å². The number of hydrogen-bond acceptors (Lipinski definition) is 4. The first-order valence-electron chi connectivity index (χ1n) is 14.1. The van der Waals surface area contributed by atoms with Gasteiger partial charge in [0.2, 0.25) is 21.8 Å². The standard InChI is InChI=1S/C32H37BrClN3O4S/c1-23-19-27(17-18-28(23)33)37(42(2,40)41)22-31(38)36(21-25-13-9-10-16-29(25)34)30(20-24-11-5-3-6-12-24)32(39)35-26-14-7-4-8-15-26/h3,5-6,9-13,16-19,26,30H,4,7-8,14-15,20-22H2,1-2H3,(H,35,39)/t30-/m0/s1. The third kappa shape index (κ3) is 8.58. The van der Waals surface area contributed by atoms with Crippen LogP contribution in [0.25, 0.3) is 0 Å². The monoisotopic (exact) mass is 673 g/mol. The van der Waals surface area contributed by atoms with Crippen LogP contribution in [-0.4, -0.2) is 50.0 Å². The maximum atomic E-state index is 14.3. The number of halogens is 2. The van der Waals surface area contributed by atoms with Gasteiger partial charge in [0.25, 0.3) is 0 Å². The summed E-state index contributed by atoms with van der Waals surface area (Å²) in [6.45, 7) is 1.43. The van der Waals surface area contributed by atoms with Crippen molar-refractivity contribution in [2.45, 2.75) is 64.1 Å². The lowest BCUT2D eigenvalue weighted by atomic mass is 9.94. The van der Waals surface area contributed by atoms with Crippen LogP contribution in [0.2, 0.25) is 5.02 Å². The molecule has 4 rings (SSSR count). The Morgan fingerprint density at radius 1 is 1.00 bits per heavy atom. The number of anilines is 1. The van der Waals surface area contributed by atoms with E-state index in [0.717, 1.165) is 58.3 Å². The van der Waals surface area contributed by atoms with Gasteiger partial charge >= 0.3 is 0 Å². The zero-order chi connectivity index (χ0) is 30.3. The average Bonchev–Trinajstić information content (AvgIpc) is 2.96. The molecule has 0 heterocycles. The number of carbonyl (C=O) groups is 2. The molecule has 0 spiro atoms. The highest BCUT2D eigenvalue weighted by Crippen LogP contribution is 2.26. The van der Waals surface area contributed by atoms with Crippen molar-refractivity contribution in [2.75, 3.05) is 17.1 Å². The third-order valence-electron chi connectivity index (χ3n) is 7.63. The Hall–Kier alpha value is -2.88. The van der Waals surface area contributed by atoms with Gasteiger partial charge in [0.1, 0.15) is 12.6 Å². The summed E-state index contributed by atoms with van der Waals surface area (Å²) in [7, 11) is -3.84. The molecular formula is C32H37BrClN3O4S. The van der Waals surface area contributed by atoms with Crippen molar-refractivity contribution in [3.8, 4) is 0 Å². The van der Waals surface area contributed by atoms with E-state index >= 15 is 0 Å². The molecule has 1 atom stereocenters. The average molecular weight is 675 g/mol. The van der Waals surface area contributed by atoms with Crippen molar-refractivity contribution in [2.24, 2.45) is 0 Å². The molecule has 7 nitrogen and oxygen atoms in total. The molecule has 0 saturated heterocycles. The van der Waals surface area contributed by atoms with Crippen molar-refractivity contribution < 1.29 is 18.0 Å². The van der Waals surface area contributed by atoms with Crippen molar-refractivity contribution in [1.82, 2.24) is 10.2 Å². The first-order valence-corrected chi connectivity index (χ1v) is 17.2. The molecule has 1 aliphatic rings. The summed E-state index contributed by atoms with van der Waals surface area (Å²) in [5.41, 5.74) is 2.76. The SMILES string of the molecule is Cc1cc(N(CC(=O)N(Cc2ccccc2Cl)[C@@H](Cc2ccccc2)C(=O)NC2CCCCC2)S(C)(=O)=O)ccc1Br. The molecule has 2 amide bonds. The number of sulfonamides is 1. The number of rotatable bonds is 11. The van der Waals surface area contributed by atoms with E-state index in [4.69, 9.17) is 11.6 Å². The van der Waals surface area contributed by atoms with Gasteiger partial charge in [0.15, 0.2) is 0 Å². The van der Waals surface area contributed by atoms with E-state index < -0.39 is 28.5 Å². The molecule has 1 aliphatic carbocycles. The van der Waals surface area contributed by atoms with E-state index in [1.165, 1.54) is 4.90 Å². The summed E-state index contributed by atoms with van der Waals surface area (Å²) in [5.74, 6) is -0.753. The molecule has 0 aliphatic heterocycles. The van der Waals surface area contributed by atoms with Crippen molar-refractivity contribution in [3.63, 3.8) is 0 Å². The lowest BCUT2D eigenvalue weighted by Gasteiger charge is -2.35. The van der Waals surface area contributed by atoms with Gasteiger partial charge in [-0.25, -0.2) is 8.42 Å². The van der Waals surface area contributed by atoms with Gasteiger partial charge in [-0.1, -0.05) is 95.3 Å². The molecule has 3 aromatic rings. The fourth-order valence-corrected chi connectivity index (χ4v) is 6.59. The van der Waals surface area contributed by atoms with Crippen LogP contribution >= 0.6 is 27.5 Å². The van der Waals surface area contributed by atoms with Crippen molar-refractivity contribution in [1.29, 1.82) is 0 Å². The number of nitrogens with zero attached hydrogens (tertiary/aromatic N) is 2. The molecular weight excluding hydrogens is 638 g/mol. The van der Waals surface area contributed by atoms with Crippen LogP contribution in [0.5, 0.6) is 0 Å². The highest BCUT2D eigenvalue weighted by atomic mass is 79.9. The van der Waals surface area contributed by atoms with Crippen LogP contribution in [0, 0.1) is 6.92 Å². The Morgan fingerprint density at radius 3 is 2.31 bits per heavy atom. The van der Waals surface area contributed by atoms with Crippen LogP contribution in [0.1, 0.15) is 48.8 Å². The molecule has 10 heteroatoms. The van der Waals surface area contributed by atoms with Gasteiger partial charge in [-0.15, -0.1) is 0 Å².